The normalized spacial score (nSPS) is 28.1. The molecule has 0 spiro atoms. The van der Waals surface area contributed by atoms with Crippen LogP contribution in [0.15, 0.2) is 17.5 Å². The van der Waals surface area contributed by atoms with Crippen LogP contribution in [0.2, 0.25) is 0 Å². The van der Waals surface area contributed by atoms with Gasteiger partial charge in [-0.05, 0) is 92.4 Å². The molecule has 4 saturated carbocycles. The predicted molar refractivity (Wildman–Crippen MR) is 147 cm³/mol. The second-order valence-electron chi connectivity index (χ2n) is 12.7. The summed E-state index contributed by atoms with van der Waals surface area (Å²) in [4.78, 5) is 1.57. The van der Waals surface area contributed by atoms with E-state index in [-0.39, 0.29) is 0 Å². The third-order valence-electron chi connectivity index (χ3n) is 9.63. The molecule has 4 bridgehead atoms. The fourth-order valence-electron chi connectivity index (χ4n) is 8.33. The SMILES string of the molecule is c1csc(CCCCCCCCCCCCCCCCCCC23CC4CC(CC(C4)C2)C3)c1. The summed E-state index contributed by atoms with van der Waals surface area (Å²) < 4.78 is 0. The minimum Gasteiger partial charge on any atom is -0.149 e. The lowest BCUT2D eigenvalue weighted by molar-refractivity contribution is -0.0583. The number of thiophene rings is 1. The zero-order valence-corrected chi connectivity index (χ0v) is 22.7. The molecule has 0 N–H and O–H groups in total. The van der Waals surface area contributed by atoms with Crippen molar-refractivity contribution in [2.75, 3.05) is 0 Å². The summed E-state index contributed by atoms with van der Waals surface area (Å²) >= 11 is 1.92. The second-order valence-corrected chi connectivity index (χ2v) is 13.7. The van der Waals surface area contributed by atoms with Gasteiger partial charge in [-0.15, -0.1) is 11.3 Å². The van der Waals surface area contributed by atoms with E-state index >= 15 is 0 Å². The van der Waals surface area contributed by atoms with Crippen LogP contribution in [0.1, 0.15) is 153 Å². The van der Waals surface area contributed by atoms with Crippen LogP contribution >= 0.6 is 11.3 Å². The Bertz CT molecular complexity index is 579. The molecule has 0 aromatic carbocycles. The molecule has 0 amide bonds. The Morgan fingerprint density at radius 1 is 0.576 bits per heavy atom. The summed E-state index contributed by atoms with van der Waals surface area (Å²) in [6, 6.07) is 4.47. The third-order valence-corrected chi connectivity index (χ3v) is 10.6. The summed E-state index contributed by atoms with van der Waals surface area (Å²) in [7, 11) is 0. The summed E-state index contributed by atoms with van der Waals surface area (Å²) in [6.45, 7) is 0. The fourth-order valence-corrected chi connectivity index (χ4v) is 9.08. The molecule has 188 valence electrons. The summed E-state index contributed by atoms with van der Waals surface area (Å²) in [6.07, 6.45) is 36.3. The lowest BCUT2D eigenvalue weighted by Crippen LogP contribution is -2.45. The molecule has 0 radical (unpaired) electrons. The first-order chi connectivity index (χ1) is 16.3. The number of hydrogen-bond acceptors (Lipinski definition) is 1. The van der Waals surface area contributed by atoms with E-state index in [9.17, 15) is 0 Å². The molecule has 1 heteroatoms. The van der Waals surface area contributed by atoms with Crippen molar-refractivity contribution in [2.45, 2.75) is 154 Å². The molecule has 4 aliphatic carbocycles. The molecule has 0 atom stereocenters. The summed E-state index contributed by atoms with van der Waals surface area (Å²) in [5.41, 5.74) is 0.832. The molecule has 0 unspecified atom stereocenters. The van der Waals surface area contributed by atoms with Crippen molar-refractivity contribution in [2.24, 2.45) is 23.2 Å². The first-order valence-electron chi connectivity index (χ1n) is 15.3. The Morgan fingerprint density at radius 3 is 1.42 bits per heavy atom. The first-order valence-corrected chi connectivity index (χ1v) is 16.2. The molecule has 5 rings (SSSR count). The first kappa shape index (κ1) is 25.8. The van der Waals surface area contributed by atoms with Gasteiger partial charge in [-0.3, -0.25) is 0 Å². The lowest BCUT2D eigenvalue weighted by atomic mass is 9.48. The van der Waals surface area contributed by atoms with Crippen LogP contribution in [-0.4, -0.2) is 0 Å². The predicted octanol–water partition coefficient (Wildman–Crippen LogP) is 11.1. The highest BCUT2D eigenvalue weighted by atomic mass is 32.1. The minimum absolute atomic E-state index is 0.832. The van der Waals surface area contributed by atoms with Crippen molar-refractivity contribution in [3.8, 4) is 0 Å². The van der Waals surface area contributed by atoms with Crippen molar-refractivity contribution in [3.63, 3.8) is 0 Å². The van der Waals surface area contributed by atoms with E-state index in [0.717, 1.165) is 23.2 Å². The highest BCUT2D eigenvalue weighted by molar-refractivity contribution is 7.09. The van der Waals surface area contributed by atoms with E-state index in [1.165, 1.54) is 103 Å². The molecular weight excluding hydrogens is 416 g/mol. The molecule has 0 saturated heterocycles. The monoisotopic (exact) mass is 470 g/mol. The van der Waals surface area contributed by atoms with Gasteiger partial charge in [-0.2, -0.15) is 0 Å². The Labute approximate surface area is 210 Å². The fraction of sp³-hybridized carbons (Fsp3) is 0.875. The molecular formula is C32H54S. The quantitative estimate of drug-likeness (QED) is 0.176. The highest BCUT2D eigenvalue weighted by Crippen LogP contribution is 2.61. The molecule has 4 aliphatic rings. The smallest absolute Gasteiger partial charge is 0.00452 e. The molecule has 0 nitrogen and oxygen atoms in total. The van der Waals surface area contributed by atoms with Crippen molar-refractivity contribution in [1.29, 1.82) is 0 Å². The minimum atomic E-state index is 0.832. The third kappa shape index (κ3) is 9.01. The van der Waals surface area contributed by atoms with Gasteiger partial charge in [0, 0.05) is 4.88 Å². The van der Waals surface area contributed by atoms with Crippen molar-refractivity contribution in [3.05, 3.63) is 22.4 Å². The molecule has 1 aromatic rings. The molecule has 0 aliphatic heterocycles. The van der Waals surface area contributed by atoms with E-state index < -0.39 is 0 Å². The zero-order valence-electron chi connectivity index (χ0n) is 21.8. The Hall–Kier alpha value is -0.300. The van der Waals surface area contributed by atoms with Crippen LogP contribution in [0.5, 0.6) is 0 Å². The van der Waals surface area contributed by atoms with Crippen LogP contribution in [0, 0.1) is 23.2 Å². The van der Waals surface area contributed by atoms with E-state index in [1.54, 1.807) is 56.2 Å². The summed E-state index contributed by atoms with van der Waals surface area (Å²) in [5, 5.41) is 2.21. The average molecular weight is 471 g/mol. The average Bonchev–Trinajstić information content (AvgIpc) is 3.31. The van der Waals surface area contributed by atoms with Gasteiger partial charge in [0.2, 0.25) is 0 Å². The molecule has 1 aromatic heterocycles. The van der Waals surface area contributed by atoms with Gasteiger partial charge in [-0.25, -0.2) is 0 Å². The largest absolute Gasteiger partial charge is 0.149 e. The van der Waals surface area contributed by atoms with Crippen molar-refractivity contribution in [1.82, 2.24) is 0 Å². The topological polar surface area (TPSA) is 0 Å². The van der Waals surface area contributed by atoms with Crippen LogP contribution < -0.4 is 0 Å². The lowest BCUT2D eigenvalue weighted by Gasteiger charge is -2.57. The van der Waals surface area contributed by atoms with Crippen LogP contribution in [-0.2, 0) is 6.42 Å². The van der Waals surface area contributed by atoms with Crippen LogP contribution in [0.25, 0.3) is 0 Å². The van der Waals surface area contributed by atoms with Crippen molar-refractivity contribution < 1.29 is 0 Å². The molecule has 1 heterocycles. The molecule has 4 fully saturated rings. The van der Waals surface area contributed by atoms with E-state index in [2.05, 4.69) is 17.5 Å². The van der Waals surface area contributed by atoms with Gasteiger partial charge in [0.25, 0.3) is 0 Å². The van der Waals surface area contributed by atoms with Crippen molar-refractivity contribution >= 4 is 11.3 Å². The van der Waals surface area contributed by atoms with E-state index in [4.69, 9.17) is 0 Å². The highest BCUT2D eigenvalue weighted by Gasteiger charge is 2.50. The second kappa shape index (κ2) is 14.3. The van der Waals surface area contributed by atoms with Gasteiger partial charge in [-0.1, -0.05) is 102 Å². The maximum absolute atomic E-state index is 2.29. The van der Waals surface area contributed by atoms with E-state index in [0.29, 0.717) is 0 Å². The van der Waals surface area contributed by atoms with Crippen LogP contribution in [0.3, 0.4) is 0 Å². The van der Waals surface area contributed by atoms with E-state index in [1.807, 2.05) is 11.3 Å². The number of aryl methyl sites for hydroxylation is 1. The standard InChI is InChI=1S/C32H54S/c1(3-5-7-9-11-13-15-18-31-19-17-21-33-31)2-4-6-8-10-12-14-16-20-32-25-28-22-29(26-32)24-30(23-28)27-32/h17,19,21,28-30H,1-16,18,20,22-27H2. The van der Waals surface area contributed by atoms with Crippen LogP contribution in [0.4, 0.5) is 0 Å². The van der Waals surface area contributed by atoms with Gasteiger partial charge < -0.3 is 0 Å². The Balaban J connectivity index is 0.858. The Kier molecular flexibility index (Phi) is 11.2. The number of unbranched alkanes of at least 4 members (excludes halogenated alkanes) is 15. The molecule has 33 heavy (non-hydrogen) atoms. The number of hydrogen-bond donors (Lipinski definition) is 0. The maximum atomic E-state index is 2.29. The van der Waals surface area contributed by atoms with Gasteiger partial charge in [0.05, 0.1) is 0 Å². The Morgan fingerprint density at radius 2 is 1.00 bits per heavy atom. The van der Waals surface area contributed by atoms with Gasteiger partial charge in [0.1, 0.15) is 0 Å². The maximum Gasteiger partial charge on any atom is 0.00452 e. The summed E-state index contributed by atoms with van der Waals surface area (Å²) in [5.74, 6) is 3.42. The number of rotatable bonds is 19. The zero-order chi connectivity index (χ0) is 22.6. The van der Waals surface area contributed by atoms with Gasteiger partial charge >= 0.3 is 0 Å². The van der Waals surface area contributed by atoms with Gasteiger partial charge in [0.15, 0.2) is 0 Å².